The van der Waals surface area contributed by atoms with Gasteiger partial charge in [-0.15, -0.1) is 0 Å². The molecule has 0 fully saturated rings. The fraction of sp³-hybridized carbons (Fsp3) is 0.278. The van der Waals surface area contributed by atoms with Gasteiger partial charge in [-0.3, -0.25) is 9.78 Å². The van der Waals surface area contributed by atoms with E-state index in [4.69, 9.17) is 0 Å². The molecule has 0 radical (unpaired) electrons. The molecule has 2 aromatic rings. The molecular weight excluding hydrogens is 442 g/mol. The van der Waals surface area contributed by atoms with E-state index < -0.39 is 66.8 Å². The van der Waals surface area contributed by atoms with Crippen LogP contribution in [0.4, 0.5) is 26.3 Å². The fourth-order valence-electron chi connectivity index (χ4n) is 2.45. The summed E-state index contributed by atoms with van der Waals surface area (Å²) in [5, 5.41) is 0. The Hall–Kier alpha value is -2.76. The Balaban J connectivity index is 2.76. The summed E-state index contributed by atoms with van der Waals surface area (Å²) in [4.78, 5) is 18.8. The number of alkyl halides is 6. The first-order valence-electron chi connectivity index (χ1n) is 8.17. The van der Waals surface area contributed by atoms with E-state index in [0.29, 0.717) is 24.3 Å². The largest absolute Gasteiger partial charge is 0.417 e. The van der Waals surface area contributed by atoms with E-state index in [0.717, 1.165) is 26.0 Å². The number of hydrogen-bond donors (Lipinski definition) is 0. The molecule has 0 atom stereocenters. The molecule has 0 bridgehead atoms. The lowest BCUT2D eigenvalue weighted by molar-refractivity contribution is -0.210. The molecule has 0 heterocycles. The maximum atomic E-state index is 13.5. The topological polar surface area (TPSA) is 69.7 Å². The summed E-state index contributed by atoms with van der Waals surface area (Å²) in [5.74, 6) is -2.04. The van der Waals surface area contributed by atoms with Crippen molar-refractivity contribution in [1.29, 1.82) is 0 Å². The first kappa shape index (κ1) is 23.5. The zero-order valence-corrected chi connectivity index (χ0v) is 16.2. The van der Waals surface area contributed by atoms with Crippen LogP contribution in [-0.4, -0.2) is 20.1 Å². The minimum Gasteiger partial charge on any atom is -0.286 e. The van der Waals surface area contributed by atoms with E-state index in [1.807, 2.05) is 0 Å². The van der Waals surface area contributed by atoms with Gasteiger partial charge in [0, 0.05) is 12.5 Å². The Labute approximate surface area is 167 Å². The van der Waals surface area contributed by atoms with Gasteiger partial charge in [-0.1, -0.05) is 13.0 Å². The Bertz CT molecular complexity index is 1060. The van der Waals surface area contributed by atoms with Crippen LogP contribution < -0.4 is 4.89 Å². The first-order valence-corrected chi connectivity index (χ1v) is 9.82. The molecule has 5 nitrogen and oxygen atoms in total. The van der Waals surface area contributed by atoms with Crippen molar-refractivity contribution in [3.05, 3.63) is 47.5 Å². The molecule has 0 aliphatic carbocycles. The SMILES string of the molecule is CCS(=O)(=O)c1ccc(-c2cc(C(F)(F)F)ccc2OOC(C)=O)cc1C(F)(F)F. The molecule has 0 N–H and O–H groups in total. The number of rotatable bonds is 5. The first-order chi connectivity index (χ1) is 13.7. The van der Waals surface area contributed by atoms with Crippen molar-refractivity contribution < 1.29 is 49.3 Å². The van der Waals surface area contributed by atoms with Crippen LogP contribution in [0.5, 0.6) is 5.75 Å². The van der Waals surface area contributed by atoms with Crippen LogP contribution in [0.3, 0.4) is 0 Å². The van der Waals surface area contributed by atoms with E-state index in [9.17, 15) is 39.6 Å². The Morgan fingerprint density at radius 3 is 2.10 bits per heavy atom. The van der Waals surface area contributed by atoms with Crippen molar-refractivity contribution in [3.8, 4) is 16.9 Å². The highest BCUT2D eigenvalue weighted by Gasteiger charge is 2.38. The molecule has 2 aromatic carbocycles. The third kappa shape index (κ3) is 5.23. The average molecular weight is 456 g/mol. The summed E-state index contributed by atoms with van der Waals surface area (Å²) in [7, 11) is -4.27. The van der Waals surface area contributed by atoms with Crippen LogP contribution in [0.25, 0.3) is 11.1 Å². The van der Waals surface area contributed by atoms with Crippen LogP contribution in [0.1, 0.15) is 25.0 Å². The van der Waals surface area contributed by atoms with Gasteiger partial charge in [-0.05, 0) is 35.9 Å². The molecule has 0 unspecified atom stereocenters. The van der Waals surface area contributed by atoms with Crippen LogP contribution in [0, 0.1) is 0 Å². The number of sulfone groups is 1. The maximum Gasteiger partial charge on any atom is 0.417 e. The predicted molar refractivity (Wildman–Crippen MR) is 92.0 cm³/mol. The molecule has 0 amide bonds. The van der Waals surface area contributed by atoms with Crippen molar-refractivity contribution in [2.75, 3.05) is 5.75 Å². The quantitative estimate of drug-likeness (QED) is 0.358. The van der Waals surface area contributed by atoms with Gasteiger partial charge in [0.25, 0.3) is 0 Å². The number of carbonyl (C=O) groups excluding carboxylic acids is 1. The summed E-state index contributed by atoms with van der Waals surface area (Å²) in [6.45, 7) is 2.09. The smallest absolute Gasteiger partial charge is 0.286 e. The standard InChI is InChI=1S/C18H14F6O5S/c1-3-30(26,27)16-7-4-11(8-14(16)18(22,23)24)13-9-12(17(19,20)21)5-6-15(13)29-28-10(2)25/h4-9H,3H2,1-2H3. The van der Waals surface area contributed by atoms with Crippen molar-refractivity contribution in [2.45, 2.75) is 31.1 Å². The van der Waals surface area contributed by atoms with Crippen molar-refractivity contribution in [2.24, 2.45) is 0 Å². The molecular formula is C18H14F6O5S. The highest BCUT2D eigenvalue weighted by Crippen LogP contribution is 2.41. The fourth-order valence-corrected chi connectivity index (χ4v) is 3.55. The molecule has 0 aliphatic rings. The molecule has 0 aromatic heterocycles. The highest BCUT2D eigenvalue weighted by molar-refractivity contribution is 7.91. The zero-order chi connectivity index (χ0) is 22.9. The third-order valence-electron chi connectivity index (χ3n) is 3.87. The van der Waals surface area contributed by atoms with Gasteiger partial charge in [0.2, 0.25) is 0 Å². The number of hydrogen-bond acceptors (Lipinski definition) is 5. The Morgan fingerprint density at radius 2 is 1.60 bits per heavy atom. The predicted octanol–water partition coefficient (Wildman–Crippen LogP) is 5.04. The van der Waals surface area contributed by atoms with Crippen LogP contribution in [0.15, 0.2) is 41.3 Å². The third-order valence-corrected chi connectivity index (χ3v) is 5.65. The van der Waals surface area contributed by atoms with Gasteiger partial charge in [-0.2, -0.15) is 26.3 Å². The molecule has 0 saturated carbocycles. The lowest BCUT2D eigenvalue weighted by atomic mass is 9.99. The summed E-state index contributed by atoms with van der Waals surface area (Å²) in [5.41, 5.74) is -3.66. The number of carbonyl (C=O) groups is 1. The van der Waals surface area contributed by atoms with Crippen molar-refractivity contribution in [3.63, 3.8) is 0 Å². The second-order valence-electron chi connectivity index (χ2n) is 5.98. The molecule has 0 aliphatic heterocycles. The molecule has 30 heavy (non-hydrogen) atoms. The molecule has 0 saturated heterocycles. The molecule has 164 valence electrons. The van der Waals surface area contributed by atoms with Gasteiger partial charge >= 0.3 is 18.3 Å². The van der Waals surface area contributed by atoms with Gasteiger partial charge in [0.05, 0.1) is 21.8 Å². The Morgan fingerprint density at radius 1 is 0.967 bits per heavy atom. The summed E-state index contributed by atoms with van der Waals surface area (Å²) < 4.78 is 104. The lowest BCUT2D eigenvalue weighted by Crippen LogP contribution is -2.15. The van der Waals surface area contributed by atoms with Crippen LogP contribution in [-0.2, 0) is 31.9 Å². The monoisotopic (exact) mass is 456 g/mol. The lowest BCUT2D eigenvalue weighted by Gasteiger charge is -2.17. The zero-order valence-electron chi connectivity index (χ0n) is 15.4. The molecule has 0 spiro atoms. The van der Waals surface area contributed by atoms with Gasteiger partial charge in [-0.25, -0.2) is 13.2 Å². The second-order valence-corrected chi connectivity index (χ2v) is 8.23. The van der Waals surface area contributed by atoms with E-state index in [2.05, 4.69) is 9.78 Å². The normalized spacial score (nSPS) is 12.5. The van der Waals surface area contributed by atoms with Gasteiger partial charge in [0.15, 0.2) is 15.6 Å². The van der Waals surface area contributed by atoms with Gasteiger partial charge < -0.3 is 0 Å². The maximum absolute atomic E-state index is 13.5. The van der Waals surface area contributed by atoms with Crippen LogP contribution in [0.2, 0.25) is 0 Å². The average Bonchev–Trinajstić information content (AvgIpc) is 2.64. The minimum atomic E-state index is -5.11. The molecule has 12 heteroatoms. The molecule has 2 rings (SSSR count). The van der Waals surface area contributed by atoms with Crippen molar-refractivity contribution >= 4 is 15.8 Å². The Kier molecular flexibility index (Phi) is 6.40. The van der Waals surface area contributed by atoms with Gasteiger partial charge in [0.1, 0.15) is 0 Å². The second kappa shape index (κ2) is 8.17. The van der Waals surface area contributed by atoms with E-state index in [-0.39, 0.29) is 0 Å². The minimum absolute atomic E-state index is 0.401. The highest BCUT2D eigenvalue weighted by atomic mass is 32.2. The van der Waals surface area contributed by atoms with Crippen molar-refractivity contribution in [1.82, 2.24) is 0 Å². The summed E-state index contributed by atoms with van der Waals surface area (Å²) >= 11 is 0. The summed E-state index contributed by atoms with van der Waals surface area (Å²) in [6.07, 6.45) is -9.93. The summed E-state index contributed by atoms with van der Waals surface area (Å²) in [6, 6.07) is 3.83. The van der Waals surface area contributed by atoms with E-state index >= 15 is 0 Å². The van der Waals surface area contributed by atoms with Crippen LogP contribution >= 0.6 is 0 Å². The number of benzene rings is 2. The van der Waals surface area contributed by atoms with E-state index in [1.165, 1.54) is 0 Å². The number of halogens is 6. The van der Waals surface area contributed by atoms with E-state index in [1.54, 1.807) is 0 Å².